The summed E-state index contributed by atoms with van der Waals surface area (Å²) in [7, 11) is 0. The Morgan fingerprint density at radius 1 is 1.40 bits per heavy atom. The van der Waals surface area contributed by atoms with E-state index in [0.29, 0.717) is 11.5 Å². The molecule has 1 amide bonds. The molecule has 6 nitrogen and oxygen atoms in total. The van der Waals surface area contributed by atoms with Crippen LogP contribution in [0.25, 0.3) is 5.82 Å². The van der Waals surface area contributed by atoms with Gasteiger partial charge in [0.25, 0.3) is 0 Å². The molecule has 2 aromatic rings. The Morgan fingerprint density at radius 3 is 2.75 bits per heavy atom. The van der Waals surface area contributed by atoms with Gasteiger partial charge in [0, 0.05) is 31.1 Å². The number of rotatable bonds is 4. The fourth-order valence-corrected chi connectivity index (χ4v) is 1.56. The highest BCUT2D eigenvalue weighted by atomic mass is 35.5. The number of carbonyl (C=O) groups excluding carboxylic acids is 1. The molecule has 0 saturated carbocycles. The molecule has 1 atom stereocenters. The molecular weight excluding hydrogens is 301 g/mol. The smallest absolute Gasteiger partial charge is 0.226 e. The van der Waals surface area contributed by atoms with Crippen molar-refractivity contribution in [1.82, 2.24) is 14.8 Å². The van der Waals surface area contributed by atoms with Crippen LogP contribution in [0.1, 0.15) is 13.3 Å². The van der Waals surface area contributed by atoms with E-state index >= 15 is 0 Å². The molecule has 0 aliphatic heterocycles. The van der Waals surface area contributed by atoms with Gasteiger partial charge in [0.1, 0.15) is 0 Å². The number of nitrogens with two attached hydrogens (primary N) is 1. The van der Waals surface area contributed by atoms with E-state index in [0.717, 1.165) is 0 Å². The van der Waals surface area contributed by atoms with E-state index in [-0.39, 0.29) is 43.2 Å². The zero-order chi connectivity index (χ0) is 13.0. The van der Waals surface area contributed by atoms with Crippen LogP contribution in [-0.4, -0.2) is 26.7 Å². The standard InChI is InChI=1S/C12H15N5O.2ClH/c1-9(13)8-11(18)16-10-4-2-5-14-12(10)17-7-3-6-15-17;;/h2-7,9H,8,13H2,1H3,(H,16,18);2*1H. The lowest BCUT2D eigenvalue weighted by molar-refractivity contribution is -0.116. The molecule has 8 heteroatoms. The third-order valence-corrected chi connectivity index (χ3v) is 2.29. The van der Waals surface area contributed by atoms with E-state index < -0.39 is 0 Å². The van der Waals surface area contributed by atoms with E-state index in [1.54, 1.807) is 48.4 Å². The van der Waals surface area contributed by atoms with Crippen molar-refractivity contribution in [2.24, 2.45) is 5.73 Å². The molecule has 1 unspecified atom stereocenters. The zero-order valence-corrected chi connectivity index (χ0v) is 12.5. The lowest BCUT2D eigenvalue weighted by Crippen LogP contribution is -2.24. The van der Waals surface area contributed by atoms with Gasteiger partial charge >= 0.3 is 0 Å². The van der Waals surface area contributed by atoms with Gasteiger partial charge in [0.15, 0.2) is 5.82 Å². The van der Waals surface area contributed by atoms with Crippen LogP contribution in [0.2, 0.25) is 0 Å². The highest BCUT2D eigenvalue weighted by molar-refractivity contribution is 5.92. The molecule has 0 radical (unpaired) electrons. The summed E-state index contributed by atoms with van der Waals surface area (Å²) < 4.78 is 1.60. The lowest BCUT2D eigenvalue weighted by Gasteiger charge is -2.10. The van der Waals surface area contributed by atoms with Crippen LogP contribution in [0, 0.1) is 0 Å². The summed E-state index contributed by atoms with van der Waals surface area (Å²) in [5, 5.41) is 6.88. The normalized spacial score (nSPS) is 10.9. The quantitative estimate of drug-likeness (QED) is 0.900. The van der Waals surface area contributed by atoms with Gasteiger partial charge in [-0.3, -0.25) is 4.79 Å². The van der Waals surface area contributed by atoms with Crippen molar-refractivity contribution in [3.8, 4) is 5.82 Å². The van der Waals surface area contributed by atoms with Gasteiger partial charge in [-0.15, -0.1) is 24.8 Å². The van der Waals surface area contributed by atoms with Crippen molar-refractivity contribution in [3.05, 3.63) is 36.8 Å². The van der Waals surface area contributed by atoms with E-state index in [9.17, 15) is 4.79 Å². The van der Waals surface area contributed by atoms with Crippen LogP contribution >= 0.6 is 24.8 Å². The maximum absolute atomic E-state index is 11.7. The molecule has 3 N–H and O–H groups in total. The first-order chi connectivity index (χ1) is 8.66. The second-order valence-electron chi connectivity index (χ2n) is 4.05. The monoisotopic (exact) mass is 317 g/mol. The number of hydrogen-bond acceptors (Lipinski definition) is 4. The van der Waals surface area contributed by atoms with Crippen LogP contribution in [0.3, 0.4) is 0 Å². The van der Waals surface area contributed by atoms with Gasteiger partial charge in [-0.25, -0.2) is 9.67 Å². The Morgan fingerprint density at radius 2 is 2.15 bits per heavy atom. The molecule has 0 aliphatic rings. The Bertz CT molecular complexity index is 530. The Balaban J connectivity index is 0.00000180. The number of nitrogens with zero attached hydrogens (tertiary/aromatic N) is 3. The highest BCUT2D eigenvalue weighted by Gasteiger charge is 2.10. The SMILES string of the molecule is CC(N)CC(=O)Nc1cccnc1-n1cccn1.Cl.Cl. The van der Waals surface area contributed by atoms with Crippen molar-refractivity contribution in [3.63, 3.8) is 0 Å². The Labute approximate surface area is 129 Å². The summed E-state index contributed by atoms with van der Waals surface area (Å²) >= 11 is 0. The molecule has 0 aromatic carbocycles. The number of aromatic nitrogens is 3. The molecule has 0 saturated heterocycles. The first kappa shape index (κ1) is 18.4. The fourth-order valence-electron chi connectivity index (χ4n) is 1.56. The lowest BCUT2D eigenvalue weighted by atomic mass is 10.2. The molecule has 2 heterocycles. The predicted octanol–water partition coefficient (Wildman–Crippen LogP) is 1.79. The number of carbonyl (C=O) groups is 1. The van der Waals surface area contributed by atoms with Gasteiger partial charge in [0.05, 0.1) is 5.69 Å². The van der Waals surface area contributed by atoms with Crippen LogP contribution in [0.15, 0.2) is 36.8 Å². The molecule has 0 aliphatic carbocycles. The summed E-state index contributed by atoms with van der Waals surface area (Å²) in [5.41, 5.74) is 6.20. The maximum atomic E-state index is 11.7. The third-order valence-electron chi connectivity index (χ3n) is 2.29. The number of amides is 1. The van der Waals surface area contributed by atoms with Crippen molar-refractivity contribution in [1.29, 1.82) is 0 Å². The molecule has 2 rings (SSSR count). The van der Waals surface area contributed by atoms with Crippen LogP contribution in [0.4, 0.5) is 5.69 Å². The largest absolute Gasteiger partial charge is 0.327 e. The van der Waals surface area contributed by atoms with E-state index in [1.165, 1.54) is 0 Å². The number of halogens is 2. The van der Waals surface area contributed by atoms with Gasteiger partial charge in [-0.2, -0.15) is 5.10 Å². The summed E-state index contributed by atoms with van der Waals surface area (Å²) in [6.07, 6.45) is 5.34. The Hall–Kier alpha value is -1.63. The van der Waals surface area contributed by atoms with Crippen molar-refractivity contribution >= 4 is 36.4 Å². The summed E-state index contributed by atoms with van der Waals surface area (Å²) in [6, 6.07) is 5.16. The predicted molar refractivity (Wildman–Crippen MR) is 82.8 cm³/mol. The summed E-state index contributed by atoms with van der Waals surface area (Å²) in [4.78, 5) is 15.9. The van der Waals surface area contributed by atoms with E-state index in [2.05, 4.69) is 15.4 Å². The number of hydrogen-bond donors (Lipinski definition) is 2. The first-order valence-corrected chi connectivity index (χ1v) is 5.67. The number of anilines is 1. The third kappa shape index (κ3) is 4.80. The summed E-state index contributed by atoms with van der Waals surface area (Å²) in [6.45, 7) is 1.79. The minimum absolute atomic E-state index is 0. The molecule has 0 fully saturated rings. The molecule has 20 heavy (non-hydrogen) atoms. The molecule has 2 aromatic heterocycles. The topological polar surface area (TPSA) is 85.8 Å². The van der Waals surface area contributed by atoms with Gasteiger partial charge < -0.3 is 11.1 Å². The average molecular weight is 318 g/mol. The highest BCUT2D eigenvalue weighted by Crippen LogP contribution is 2.16. The van der Waals surface area contributed by atoms with Gasteiger partial charge in [-0.05, 0) is 25.1 Å². The van der Waals surface area contributed by atoms with Crippen molar-refractivity contribution in [2.75, 3.05) is 5.32 Å². The minimum Gasteiger partial charge on any atom is -0.327 e. The minimum atomic E-state index is -0.171. The average Bonchev–Trinajstić information content (AvgIpc) is 2.81. The molecule has 0 bridgehead atoms. The Kier molecular flexibility index (Phi) is 7.83. The van der Waals surface area contributed by atoms with Gasteiger partial charge in [-0.1, -0.05) is 0 Å². The van der Waals surface area contributed by atoms with Crippen LogP contribution in [0.5, 0.6) is 0 Å². The zero-order valence-electron chi connectivity index (χ0n) is 10.9. The molecule has 110 valence electrons. The second-order valence-corrected chi connectivity index (χ2v) is 4.05. The maximum Gasteiger partial charge on any atom is 0.226 e. The second kappa shape index (κ2) is 8.52. The first-order valence-electron chi connectivity index (χ1n) is 5.67. The van der Waals surface area contributed by atoms with Crippen molar-refractivity contribution < 1.29 is 4.79 Å². The number of nitrogens with one attached hydrogen (secondary N) is 1. The van der Waals surface area contributed by atoms with Crippen molar-refractivity contribution in [2.45, 2.75) is 19.4 Å². The van der Waals surface area contributed by atoms with E-state index in [1.807, 2.05) is 0 Å². The van der Waals surface area contributed by atoms with Crippen LogP contribution < -0.4 is 11.1 Å². The molecule has 0 spiro atoms. The molecular formula is C12H17Cl2N5O. The summed E-state index contributed by atoms with van der Waals surface area (Å²) in [5.74, 6) is 0.451. The van der Waals surface area contributed by atoms with E-state index in [4.69, 9.17) is 5.73 Å². The van der Waals surface area contributed by atoms with Crippen LogP contribution in [-0.2, 0) is 4.79 Å². The fraction of sp³-hybridized carbons (Fsp3) is 0.250. The number of pyridine rings is 1. The van der Waals surface area contributed by atoms with Gasteiger partial charge in [0.2, 0.25) is 5.91 Å².